The van der Waals surface area contributed by atoms with Crippen molar-refractivity contribution in [3.8, 4) is 0 Å². The molecule has 0 unspecified atom stereocenters. The van der Waals surface area contributed by atoms with Gasteiger partial charge in [0, 0.05) is 4.88 Å². The lowest BCUT2D eigenvalue weighted by Crippen LogP contribution is -1.91. The molecular formula is C11H11NO3S2. The van der Waals surface area contributed by atoms with Crippen LogP contribution in [0.5, 0.6) is 0 Å². The van der Waals surface area contributed by atoms with E-state index < -0.39 is 5.97 Å². The van der Waals surface area contributed by atoms with Gasteiger partial charge in [0.2, 0.25) is 5.76 Å². The third-order valence-electron chi connectivity index (χ3n) is 2.20. The van der Waals surface area contributed by atoms with Crippen LogP contribution in [-0.2, 0) is 5.75 Å². The largest absolute Gasteiger partial charge is 0.475 e. The molecule has 2 heterocycles. The molecule has 0 saturated carbocycles. The van der Waals surface area contributed by atoms with Gasteiger partial charge in [-0.25, -0.2) is 9.78 Å². The summed E-state index contributed by atoms with van der Waals surface area (Å²) in [6.07, 6.45) is 0. The Balaban J connectivity index is 1.99. The number of aromatic nitrogens is 1. The van der Waals surface area contributed by atoms with E-state index in [1.54, 1.807) is 17.4 Å². The highest BCUT2D eigenvalue weighted by molar-refractivity contribution is 7.98. The second-order valence-electron chi connectivity index (χ2n) is 3.46. The maximum atomic E-state index is 10.6. The Morgan fingerprint density at radius 2 is 2.29 bits per heavy atom. The van der Waals surface area contributed by atoms with E-state index in [9.17, 15) is 4.79 Å². The van der Waals surface area contributed by atoms with Crippen LogP contribution in [0.1, 0.15) is 26.1 Å². The van der Waals surface area contributed by atoms with Crippen molar-refractivity contribution in [2.45, 2.75) is 24.7 Å². The number of aromatic carboxylic acids is 1. The Morgan fingerprint density at radius 1 is 1.53 bits per heavy atom. The van der Waals surface area contributed by atoms with E-state index in [1.165, 1.54) is 22.7 Å². The minimum absolute atomic E-state index is 0.0287. The number of furan rings is 1. The maximum Gasteiger partial charge on any atom is 0.371 e. The van der Waals surface area contributed by atoms with E-state index in [1.807, 2.05) is 13.8 Å². The molecule has 1 N–H and O–H groups in total. The van der Waals surface area contributed by atoms with Gasteiger partial charge in [0.15, 0.2) is 5.09 Å². The Hall–Kier alpha value is -1.27. The van der Waals surface area contributed by atoms with E-state index >= 15 is 0 Å². The molecule has 0 bridgehead atoms. The predicted octanol–water partition coefficient (Wildman–Crippen LogP) is 3.34. The van der Waals surface area contributed by atoms with E-state index in [4.69, 9.17) is 9.52 Å². The normalized spacial score (nSPS) is 10.7. The molecule has 6 heteroatoms. The van der Waals surface area contributed by atoms with Gasteiger partial charge in [-0.05, 0) is 26.0 Å². The summed E-state index contributed by atoms with van der Waals surface area (Å²) >= 11 is 3.11. The zero-order chi connectivity index (χ0) is 12.4. The molecule has 2 rings (SSSR count). The van der Waals surface area contributed by atoms with Gasteiger partial charge in [-0.1, -0.05) is 11.8 Å². The first-order valence-electron chi connectivity index (χ1n) is 4.95. The van der Waals surface area contributed by atoms with Crippen molar-refractivity contribution in [1.29, 1.82) is 0 Å². The summed E-state index contributed by atoms with van der Waals surface area (Å²) < 4.78 is 5.14. The van der Waals surface area contributed by atoms with Gasteiger partial charge in [0.25, 0.3) is 0 Å². The molecule has 0 aliphatic carbocycles. The van der Waals surface area contributed by atoms with Crippen molar-refractivity contribution in [1.82, 2.24) is 4.98 Å². The number of carbonyl (C=O) groups is 1. The second kappa shape index (κ2) is 4.93. The molecule has 2 aromatic rings. The van der Waals surface area contributed by atoms with Crippen LogP contribution in [0.15, 0.2) is 21.6 Å². The monoisotopic (exact) mass is 269 g/mol. The number of thioether (sulfide) groups is 1. The fourth-order valence-corrected chi connectivity index (χ4v) is 3.03. The quantitative estimate of drug-likeness (QED) is 0.862. The molecule has 0 aliphatic rings. The number of rotatable bonds is 4. The lowest BCUT2D eigenvalue weighted by molar-refractivity contribution is 0.0656. The molecule has 0 radical (unpaired) electrons. The van der Waals surface area contributed by atoms with Crippen molar-refractivity contribution >= 4 is 29.1 Å². The van der Waals surface area contributed by atoms with Gasteiger partial charge in [-0.3, -0.25) is 0 Å². The summed E-state index contributed by atoms with van der Waals surface area (Å²) in [4.78, 5) is 16.2. The molecular weight excluding hydrogens is 258 g/mol. The average Bonchev–Trinajstić information content (AvgIpc) is 2.84. The third kappa shape index (κ3) is 2.89. The fourth-order valence-electron chi connectivity index (χ4n) is 1.25. The number of carboxylic acid groups (broad SMARTS) is 1. The molecule has 90 valence electrons. The summed E-state index contributed by atoms with van der Waals surface area (Å²) in [6.45, 7) is 4.02. The number of nitrogens with zero attached hydrogens (tertiary/aromatic N) is 1. The molecule has 0 aromatic carbocycles. The first kappa shape index (κ1) is 12.2. The summed E-state index contributed by atoms with van der Waals surface area (Å²) in [7, 11) is 0. The van der Waals surface area contributed by atoms with Crippen LogP contribution in [0.3, 0.4) is 0 Å². The summed E-state index contributed by atoms with van der Waals surface area (Å²) in [6, 6.07) is 3.13. The summed E-state index contributed by atoms with van der Waals surface area (Å²) in [5.41, 5.74) is 1.05. The first-order chi connectivity index (χ1) is 8.06. The summed E-state index contributed by atoms with van der Waals surface area (Å²) in [5.74, 6) is -0.372. The molecule has 0 fully saturated rings. The Labute approximate surface area is 107 Å². The van der Waals surface area contributed by atoms with Gasteiger partial charge in [-0.15, -0.1) is 11.3 Å². The molecule has 17 heavy (non-hydrogen) atoms. The van der Waals surface area contributed by atoms with Crippen molar-refractivity contribution in [3.05, 3.63) is 33.5 Å². The van der Waals surface area contributed by atoms with Gasteiger partial charge < -0.3 is 9.52 Å². The maximum absolute atomic E-state index is 10.6. The molecule has 0 saturated heterocycles. The van der Waals surface area contributed by atoms with Crippen LogP contribution in [-0.4, -0.2) is 16.1 Å². The van der Waals surface area contributed by atoms with E-state index in [-0.39, 0.29) is 5.76 Å². The molecule has 4 nitrogen and oxygen atoms in total. The molecule has 0 amide bonds. The zero-order valence-electron chi connectivity index (χ0n) is 9.39. The average molecular weight is 269 g/mol. The smallest absolute Gasteiger partial charge is 0.371 e. The first-order valence-corrected chi connectivity index (χ1v) is 6.75. The highest BCUT2D eigenvalue weighted by atomic mass is 32.2. The minimum Gasteiger partial charge on any atom is -0.475 e. The Morgan fingerprint density at radius 3 is 2.82 bits per heavy atom. The van der Waals surface area contributed by atoms with Gasteiger partial charge in [-0.2, -0.15) is 0 Å². The molecule has 0 spiro atoms. The molecule has 2 aromatic heterocycles. The zero-order valence-corrected chi connectivity index (χ0v) is 11.0. The van der Waals surface area contributed by atoms with Crippen molar-refractivity contribution in [2.24, 2.45) is 0 Å². The topological polar surface area (TPSA) is 63.3 Å². The molecule has 0 aliphatic heterocycles. The fraction of sp³-hybridized carbons (Fsp3) is 0.273. The SMILES string of the molecule is Cc1nc(CSc2ccc(C(=O)O)o2)sc1C. The van der Waals surface area contributed by atoms with E-state index in [2.05, 4.69) is 4.98 Å². The minimum atomic E-state index is -1.04. The number of carboxylic acids is 1. The lowest BCUT2D eigenvalue weighted by Gasteiger charge is -1.93. The van der Waals surface area contributed by atoms with Crippen molar-refractivity contribution in [3.63, 3.8) is 0 Å². The number of hydrogen-bond donors (Lipinski definition) is 1. The highest BCUT2D eigenvalue weighted by Crippen LogP contribution is 2.27. The number of hydrogen-bond acceptors (Lipinski definition) is 5. The lowest BCUT2D eigenvalue weighted by atomic mass is 10.4. The highest BCUT2D eigenvalue weighted by Gasteiger charge is 2.10. The van der Waals surface area contributed by atoms with E-state index in [0.717, 1.165) is 10.7 Å². The van der Waals surface area contributed by atoms with Crippen LogP contribution < -0.4 is 0 Å². The molecule has 0 atom stereocenters. The van der Waals surface area contributed by atoms with Crippen LogP contribution in [0.25, 0.3) is 0 Å². The van der Waals surface area contributed by atoms with Crippen LogP contribution in [0.4, 0.5) is 0 Å². The third-order valence-corrected chi connectivity index (χ3v) is 4.38. The Bertz CT molecular complexity index is 525. The number of aryl methyl sites for hydroxylation is 2. The van der Waals surface area contributed by atoms with Gasteiger partial charge >= 0.3 is 5.97 Å². The van der Waals surface area contributed by atoms with Crippen molar-refractivity contribution in [2.75, 3.05) is 0 Å². The van der Waals surface area contributed by atoms with Crippen LogP contribution in [0, 0.1) is 13.8 Å². The van der Waals surface area contributed by atoms with Gasteiger partial charge in [0.1, 0.15) is 5.01 Å². The van der Waals surface area contributed by atoms with Crippen LogP contribution >= 0.6 is 23.1 Å². The standard InChI is InChI=1S/C11H11NO3S2/c1-6-7(2)17-9(12-6)5-16-10-4-3-8(15-10)11(13)14/h3-4H,5H2,1-2H3,(H,13,14). The van der Waals surface area contributed by atoms with Gasteiger partial charge in [0.05, 0.1) is 11.4 Å². The van der Waals surface area contributed by atoms with Crippen LogP contribution in [0.2, 0.25) is 0 Å². The number of thiazole rings is 1. The Kier molecular flexibility index (Phi) is 3.54. The predicted molar refractivity (Wildman–Crippen MR) is 66.8 cm³/mol. The summed E-state index contributed by atoms with van der Waals surface area (Å²) in [5, 5.41) is 10.3. The van der Waals surface area contributed by atoms with Crippen molar-refractivity contribution < 1.29 is 14.3 Å². The van der Waals surface area contributed by atoms with E-state index in [0.29, 0.717) is 10.8 Å². The second-order valence-corrected chi connectivity index (χ2v) is 5.73.